The molecule has 1 aliphatic heterocycles. The summed E-state index contributed by atoms with van der Waals surface area (Å²) in [7, 11) is 1.83. The van der Waals surface area contributed by atoms with Crippen LogP contribution < -0.4 is 10.6 Å². The maximum Gasteiger partial charge on any atom is 0.191 e. The largest absolute Gasteiger partial charge is 0.354 e. The lowest BCUT2D eigenvalue weighted by molar-refractivity contribution is 0.409. The molecular weight excluding hydrogens is 252 g/mol. The average molecular weight is 276 g/mol. The van der Waals surface area contributed by atoms with E-state index in [1.54, 1.807) is 0 Å². The molecule has 0 atom stereocenters. The van der Waals surface area contributed by atoms with Crippen LogP contribution in [0.25, 0.3) is 0 Å². The second-order valence-corrected chi connectivity index (χ2v) is 5.69. The van der Waals surface area contributed by atoms with Crippen molar-refractivity contribution in [3.8, 4) is 0 Å². The fourth-order valence-corrected chi connectivity index (χ4v) is 3.14. The number of rotatable bonds is 3. The van der Waals surface area contributed by atoms with Crippen LogP contribution in [0.2, 0.25) is 0 Å². The highest BCUT2D eigenvalue weighted by molar-refractivity contribution is 5.79. The number of hydrogen-bond donors (Lipinski definition) is 2. The lowest BCUT2D eigenvalue weighted by Gasteiger charge is -2.24. The molecule has 0 unspecified atom stereocenters. The van der Waals surface area contributed by atoms with Gasteiger partial charge in [0.2, 0.25) is 0 Å². The third-order valence-corrected chi connectivity index (χ3v) is 4.27. The minimum atomic E-state index is 0.569. The Hall–Kier alpha value is -1.59. The monoisotopic (exact) mass is 276 g/mol. The molecule has 0 spiro atoms. The molecule has 6 nitrogen and oxygen atoms in total. The summed E-state index contributed by atoms with van der Waals surface area (Å²) in [5.74, 6) is 3.02. The second-order valence-electron chi connectivity index (χ2n) is 5.69. The van der Waals surface area contributed by atoms with Crippen LogP contribution in [0.4, 0.5) is 0 Å². The van der Waals surface area contributed by atoms with Crippen molar-refractivity contribution in [1.29, 1.82) is 0 Å². The first-order valence-corrected chi connectivity index (χ1v) is 7.75. The number of aliphatic imine (C=N–C) groups is 1. The van der Waals surface area contributed by atoms with Gasteiger partial charge >= 0.3 is 0 Å². The highest BCUT2D eigenvalue weighted by Gasteiger charge is 2.18. The normalized spacial score (nSPS) is 19.9. The molecule has 1 saturated carbocycles. The summed E-state index contributed by atoms with van der Waals surface area (Å²) in [6, 6.07) is 0.569. The molecule has 0 bridgehead atoms. The Morgan fingerprint density at radius 1 is 1.25 bits per heavy atom. The van der Waals surface area contributed by atoms with Gasteiger partial charge in [-0.1, -0.05) is 19.3 Å². The quantitative estimate of drug-likeness (QED) is 0.643. The predicted octanol–water partition coefficient (Wildman–Crippen LogP) is 1.22. The number of aryl methyl sites for hydroxylation is 1. The van der Waals surface area contributed by atoms with E-state index in [0.29, 0.717) is 12.6 Å². The van der Waals surface area contributed by atoms with Crippen molar-refractivity contribution in [1.82, 2.24) is 25.4 Å². The Balaban J connectivity index is 1.53. The van der Waals surface area contributed by atoms with E-state index in [-0.39, 0.29) is 0 Å². The van der Waals surface area contributed by atoms with Gasteiger partial charge in [-0.25, -0.2) is 0 Å². The fourth-order valence-electron chi connectivity index (χ4n) is 3.14. The molecular formula is C14H24N6. The van der Waals surface area contributed by atoms with Crippen LogP contribution in [0.5, 0.6) is 0 Å². The summed E-state index contributed by atoms with van der Waals surface area (Å²) >= 11 is 0. The van der Waals surface area contributed by atoms with Gasteiger partial charge in [0.1, 0.15) is 5.82 Å². The van der Waals surface area contributed by atoms with Gasteiger partial charge in [0.05, 0.1) is 6.54 Å². The van der Waals surface area contributed by atoms with Crippen molar-refractivity contribution in [3.05, 3.63) is 11.6 Å². The first kappa shape index (κ1) is 13.4. The summed E-state index contributed by atoms with van der Waals surface area (Å²) in [5, 5.41) is 15.4. The molecule has 2 aliphatic rings. The van der Waals surface area contributed by atoms with Crippen LogP contribution in [0.15, 0.2) is 4.99 Å². The molecule has 0 radical (unpaired) electrons. The summed E-state index contributed by atoms with van der Waals surface area (Å²) in [6.07, 6.45) is 8.77. The van der Waals surface area contributed by atoms with Gasteiger partial charge in [-0.3, -0.25) is 4.99 Å². The van der Waals surface area contributed by atoms with E-state index in [1.807, 2.05) is 7.05 Å². The number of nitrogens with one attached hydrogen (secondary N) is 2. The smallest absolute Gasteiger partial charge is 0.191 e. The first-order valence-electron chi connectivity index (χ1n) is 7.75. The lowest BCUT2D eigenvalue weighted by atomic mass is 9.96. The molecule has 2 heterocycles. The minimum absolute atomic E-state index is 0.569. The second kappa shape index (κ2) is 6.24. The third kappa shape index (κ3) is 2.94. The molecule has 1 aromatic heterocycles. The van der Waals surface area contributed by atoms with Crippen LogP contribution in [0.1, 0.15) is 50.2 Å². The Morgan fingerprint density at radius 3 is 2.90 bits per heavy atom. The number of fused-ring (bicyclic) bond motifs is 1. The highest BCUT2D eigenvalue weighted by atomic mass is 15.3. The van der Waals surface area contributed by atoms with Crippen molar-refractivity contribution in [3.63, 3.8) is 0 Å². The topological polar surface area (TPSA) is 67.1 Å². The predicted molar refractivity (Wildman–Crippen MR) is 78.6 cm³/mol. The SMILES string of the molecule is CN=C(NCc1nnc2n1CCC2)NC1CCCCC1. The Bertz CT molecular complexity index is 472. The number of hydrogen-bond acceptors (Lipinski definition) is 3. The summed E-state index contributed by atoms with van der Waals surface area (Å²) in [5.41, 5.74) is 0. The molecule has 1 fully saturated rings. The Labute approximate surface area is 120 Å². The van der Waals surface area contributed by atoms with Crippen LogP contribution in [0.3, 0.4) is 0 Å². The van der Waals surface area contributed by atoms with Gasteiger partial charge in [-0.15, -0.1) is 10.2 Å². The van der Waals surface area contributed by atoms with Gasteiger partial charge in [0, 0.05) is 26.1 Å². The number of aromatic nitrogens is 3. The van der Waals surface area contributed by atoms with E-state index in [0.717, 1.165) is 30.6 Å². The van der Waals surface area contributed by atoms with Crippen molar-refractivity contribution in [2.24, 2.45) is 4.99 Å². The molecule has 3 rings (SSSR count). The molecule has 1 aromatic rings. The number of guanidine groups is 1. The molecule has 0 saturated heterocycles. The van der Waals surface area contributed by atoms with Crippen molar-refractivity contribution >= 4 is 5.96 Å². The maximum absolute atomic E-state index is 4.31. The van der Waals surface area contributed by atoms with Crippen LogP contribution in [-0.4, -0.2) is 33.8 Å². The minimum Gasteiger partial charge on any atom is -0.354 e. The average Bonchev–Trinajstić information content (AvgIpc) is 3.08. The van der Waals surface area contributed by atoms with Crippen LogP contribution in [-0.2, 0) is 19.5 Å². The van der Waals surface area contributed by atoms with E-state index in [1.165, 1.54) is 38.5 Å². The van der Waals surface area contributed by atoms with Gasteiger partial charge in [-0.2, -0.15) is 0 Å². The van der Waals surface area contributed by atoms with Gasteiger partial charge < -0.3 is 15.2 Å². The van der Waals surface area contributed by atoms with E-state index in [4.69, 9.17) is 0 Å². The zero-order valence-electron chi connectivity index (χ0n) is 12.2. The van der Waals surface area contributed by atoms with Gasteiger partial charge in [0.25, 0.3) is 0 Å². The lowest BCUT2D eigenvalue weighted by Crippen LogP contribution is -2.44. The molecule has 20 heavy (non-hydrogen) atoms. The van der Waals surface area contributed by atoms with Crippen molar-refractivity contribution < 1.29 is 0 Å². The van der Waals surface area contributed by atoms with Crippen molar-refractivity contribution in [2.45, 2.75) is 64.1 Å². The molecule has 1 aliphatic carbocycles. The van der Waals surface area contributed by atoms with E-state index < -0.39 is 0 Å². The maximum atomic E-state index is 4.31. The summed E-state index contributed by atoms with van der Waals surface area (Å²) in [4.78, 5) is 4.31. The molecule has 0 amide bonds. The third-order valence-electron chi connectivity index (χ3n) is 4.27. The standard InChI is InChI=1S/C14H24N6/c1-15-14(17-11-6-3-2-4-7-11)16-10-13-19-18-12-8-5-9-20(12)13/h11H,2-10H2,1H3,(H2,15,16,17). The highest BCUT2D eigenvalue weighted by Crippen LogP contribution is 2.17. The van der Waals surface area contributed by atoms with Gasteiger partial charge in [-0.05, 0) is 19.3 Å². The first-order chi connectivity index (χ1) is 9.86. The van der Waals surface area contributed by atoms with Crippen LogP contribution >= 0.6 is 0 Å². The van der Waals surface area contributed by atoms with E-state index in [9.17, 15) is 0 Å². The van der Waals surface area contributed by atoms with Crippen molar-refractivity contribution in [2.75, 3.05) is 7.05 Å². The fraction of sp³-hybridized carbons (Fsp3) is 0.786. The van der Waals surface area contributed by atoms with E-state index >= 15 is 0 Å². The van der Waals surface area contributed by atoms with E-state index in [2.05, 4.69) is 30.4 Å². The molecule has 6 heteroatoms. The zero-order chi connectivity index (χ0) is 13.8. The number of nitrogens with zero attached hydrogens (tertiary/aromatic N) is 4. The van der Waals surface area contributed by atoms with Crippen LogP contribution in [0, 0.1) is 0 Å². The molecule has 110 valence electrons. The Morgan fingerprint density at radius 2 is 2.10 bits per heavy atom. The Kier molecular flexibility index (Phi) is 4.18. The summed E-state index contributed by atoms with van der Waals surface area (Å²) in [6.45, 7) is 1.74. The van der Waals surface area contributed by atoms with Gasteiger partial charge in [0.15, 0.2) is 11.8 Å². The summed E-state index contributed by atoms with van der Waals surface area (Å²) < 4.78 is 2.22. The molecule has 2 N–H and O–H groups in total. The molecule has 0 aromatic carbocycles. The zero-order valence-corrected chi connectivity index (χ0v) is 12.2.